The molecule has 6 nitrogen and oxygen atoms in total. The molecule has 0 saturated carbocycles. The van der Waals surface area contributed by atoms with Crippen molar-refractivity contribution in [2.75, 3.05) is 11.0 Å². The third kappa shape index (κ3) is 4.26. The number of nitrogens with one attached hydrogen (secondary N) is 2. The molecule has 8 heteroatoms. The SMILES string of the molecule is CCC(C)NC(=O)c1sc(NS(C)(=O)=O)nc1C. The molecule has 18 heavy (non-hydrogen) atoms. The highest BCUT2D eigenvalue weighted by molar-refractivity contribution is 7.92. The van der Waals surface area contributed by atoms with E-state index in [-0.39, 0.29) is 17.1 Å². The van der Waals surface area contributed by atoms with Crippen LogP contribution in [0.5, 0.6) is 0 Å². The van der Waals surface area contributed by atoms with E-state index in [0.29, 0.717) is 10.6 Å². The molecule has 102 valence electrons. The summed E-state index contributed by atoms with van der Waals surface area (Å²) in [5, 5.41) is 3.03. The normalized spacial score (nSPS) is 13.1. The van der Waals surface area contributed by atoms with Gasteiger partial charge in [-0.15, -0.1) is 0 Å². The van der Waals surface area contributed by atoms with Crippen molar-refractivity contribution in [1.29, 1.82) is 0 Å². The highest BCUT2D eigenvalue weighted by Gasteiger charge is 2.17. The molecule has 0 saturated heterocycles. The standard InChI is InChI=1S/C10H17N3O3S2/c1-5-6(2)11-9(14)8-7(3)12-10(17-8)13-18(4,15)16/h6H,5H2,1-4H3,(H,11,14)(H,12,13). The lowest BCUT2D eigenvalue weighted by Gasteiger charge is -2.09. The number of carbonyl (C=O) groups excluding carboxylic acids is 1. The fraction of sp³-hybridized carbons (Fsp3) is 0.600. The highest BCUT2D eigenvalue weighted by Crippen LogP contribution is 2.23. The summed E-state index contributed by atoms with van der Waals surface area (Å²) in [6.07, 6.45) is 1.88. The van der Waals surface area contributed by atoms with Gasteiger partial charge in [0.1, 0.15) is 4.88 Å². The zero-order valence-electron chi connectivity index (χ0n) is 10.8. The van der Waals surface area contributed by atoms with Crippen LogP contribution in [0.15, 0.2) is 0 Å². The molecule has 1 aromatic heterocycles. The first-order chi connectivity index (χ1) is 8.23. The molecule has 1 heterocycles. The summed E-state index contributed by atoms with van der Waals surface area (Å²) in [4.78, 5) is 16.3. The van der Waals surface area contributed by atoms with E-state index in [1.165, 1.54) is 0 Å². The Balaban J connectivity index is 2.88. The van der Waals surface area contributed by atoms with Gasteiger partial charge in [-0.1, -0.05) is 18.3 Å². The van der Waals surface area contributed by atoms with Gasteiger partial charge in [0, 0.05) is 6.04 Å². The number of hydrogen-bond acceptors (Lipinski definition) is 5. The van der Waals surface area contributed by atoms with Crippen molar-refractivity contribution in [2.45, 2.75) is 33.2 Å². The molecule has 0 radical (unpaired) electrons. The van der Waals surface area contributed by atoms with Crippen LogP contribution in [0.25, 0.3) is 0 Å². The van der Waals surface area contributed by atoms with Crippen molar-refractivity contribution >= 4 is 32.4 Å². The Hall–Kier alpha value is -1.15. The van der Waals surface area contributed by atoms with E-state index in [4.69, 9.17) is 0 Å². The van der Waals surface area contributed by atoms with Crippen molar-refractivity contribution in [1.82, 2.24) is 10.3 Å². The summed E-state index contributed by atoms with van der Waals surface area (Å²) < 4.78 is 24.4. The minimum atomic E-state index is -3.37. The summed E-state index contributed by atoms with van der Waals surface area (Å²) in [5.74, 6) is -0.221. The molecular weight excluding hydrogens is 274 g/mol. The Morgan fingerprint density at radius 1 is 1.50 bits per heavy atom. The molecule has 1 atom stereocenters. The fourth-order valence-electron chi connectivity index (χ4n) is 1.20. The number of thiazole rings is 1. The lowest BCUT2D eigenvalue weighted by Crippen LogP contribution is -2.31. The summed E-state index contributed by atoms with van der Waals surface area (Å²) in [6.45, 7) is 5.56. The second kappa shape index (κ2) is 5.66. The molecule has 1 amide bonds. The fourth-order valence-corrected chi connectivity index (χ4v) is 2.91. The molecule has 2 N–H and O–H groups in total. The number of aromatic nitrogens is 1. The number of anilines is 1. The Morgan fingerprint density at radius 3 is 2.61 bits per heavy atom. The number of amides is 1. The maximum atomic E-state index is 11.9. The van der Waals surface area contributed by atoms with E-state index in [1.807, 2.05) is 13.8 Å². The van der Waals surface area contributed by atoms with Crippen LogP contribution in [0.1, 0.15) is 35.6 Å². The number of carbonyl (C=O) groups is 1. The van der Waals surface area contributed by atoms with E-state index < -0.39 is 10.0 Å². The van der Waals surface area contributed by atoms with Crippen molar-refractivity contribution < 1.29 is 13.2 Å². The topological polar surface area (TPSA) is 88.2 Å². The predicted molar refractivity (Wildman–Crippen MR) is 72.5 cm³/mol. The number of hydrogen-bond donors (Lipinski definition) is 2. The number of sulfonamides is 1. The summed E-state index contributed by atoms with van der Waals surface area (Å²) >= 11 is 1.03. The quantitative estimate of drug-likeness (QED) is 0.857. The molecular formula is C10H17N3O3S2. The number of nitrogens with zero attached hydrogens (tertiary/aromatic N) is 1. The monoisotopic (exact) mass is 291 g/mol. The van der Waals surface area contributed by atoms with Crippen molar-refractivity contribution in [3.8, 4) is 0 Å². The lowest BCUT2D eigenvalue weighted by molar-refractivity contribution is 0.0942. The summed E-state index contributed by atoms with van der Waals surface area (Å²) in [5.41, 5.74) is 0.520. The highest BCUT2D eigenvalue weighted by atomic mass is 32.2. The zero-order chi connectivity index (χ0) is 13.9. The minimum absolute atomic E-state index is 0.0744. The maximum Gasteiger partial charge on any atom is 0.263 e. The summed E-state index contributed by atoms with van der Waals surface area (Å²) in [6, 6.07) is 0.0744. The van der Waals surface area contributed by atoms with Gasteiger partial charge in [0.25, 0.3) is 5.91 Å². The van der Waals surface area contributed by atoms with Gasteiger partial charge in [-0.05, 0) is 20.3 Å². The van der Waals surface area contributed by atoms with Gasteiger partial charge in [-0.3, -0.25) is 9.52 Å². The van der Waals surface area contributed by atoms with E-state index in [1.54, 1.807) is 6.92 Å². The third-order valence-electron chi connectivity index (χ3n) is 2.27. The van der Waals surface area contributed by atoms with Crippen LogP contribution in [0.3, 0.4) is 0 Å². The zero-order valence-corrected chi connectivity index (χ0v) is 12.4. The van der Waals surface area contributed by atoms with Gasteiger partial charge >= 0.3 is 0 Å². The van der Waals surface area contributed by atoms with E-state index in [9.17, 15) is 13.2 Å². The number of rotatable bonds is 5. The van der Waals surface area contributed by atoms with Crippen LogP contribution in [0.4, 0.5) is 5.13 Å². The van der Waals surface area contributed by atoms with Crippen LogP contribution in [-0.2, 0) is 10.0 Å². The molecule has 0 fully saturated rings. The first-order valence-electron chi connectivity index (χ1n) is 5.49. The average molecular weight is 291 g/mol. The largest absolute Gasteiger partial charge is 0.349 e. The lowest BCUT2D eigenvalue weighted by atomic mass is 10.2. The van der Waals surface area contributed by atoms with Crippen LogP contribution in [-0.4, -0.2) is 31.6 Å². The molecule has 0 aliphatic heterocycles. The molecule has 0 aliphatic carbocycles. The first kappa shape index (κ1) is 14.9. The van der Waals surface area contributed by atoms with Gasteiger partial charge in [-0.2, -0.15) is 0 Å². The predicted octanol–water partition coefficient (Wildman–Crippen LogP) is 1.35. The molecule has 0 aliphatic rings. The van der Waals surface area contributed by atoms with E-state index in [2.05, 4.69) is 15.0 Å². The third-order valence-corrected chi connectivity index (χ3v) is 4.03. The van der Waals surface area contributed by atoms with Gasteiger partial charge in [0.15, 0.2) is 5.13 Å². The molecule has 1 unspecified atom stereocenters. The van der Waals surface area contributed by atoms with Crippen LogP contribution >= 0.6 is 11.3 Å². The van der Waals surface area contributed by atoms with Crippen molar-refractivity contribution in [3.63, 3.8) is 0 Å². The molecule has 1 rings (SSSR count). The minimum Gasteiger partial charge on any atom is -0.349 e. The molecule has 0 aromatic carbocycles. The van der Waals surface area contributed by atoms with E-state index >= 15 is 0 Å². The number of aryl methyl sites for hydroxylation is 1. The summed E-state index contributed by atoms with van der Waals surface area (Å²) in [7, 11) is -3.37. The Labute approximate surface area is 111 Å². The molecule has 1 aromatic rings. The smallest absolute Gasteiger partial charge is 0.263 e. The van der Waals surface area contributed by atoms with Crippen LogP contribution in [0, 0.1) is 6.92 Å². The van der Waals surface area contributed by atoms with Gasteiger partial charge < -0.3 is 5.32 Å². The van der Waals surface area contributed by atoms with Gasteiger partial charge in [0.05, 0.1) is 11.9 Å². The van der Waals surface area contributed by atoms with Gasteiger partial charge in [0.2, 0.25) is 10.0 Å². The molecule has 0 spiro atoms. The first-order valence-corrected chi connectivity index (χ1v) is 8.19. The Morgan fingerprint density at radius 2 is 2.11 bits per heavy atom. The van der Waals surface area contributed by atoms with Crippen molar-refractivity contribution in [2.24, 2.45) is 0 Å². The van der Waals surface area contributed by atoms with Gasteiger partial charge in [-0.25, -0.2) is 13.4 Å². The maximum absolute atomic E-state index is 11.9. The van der Waals surface area contributed by atoms with Crippen LogP contribution < -0.4 is 10.0 Å². The Bertz CT molecular complexity index is 537. The average Bonchev–Trinajstić information content (AvgIpc) is 2.56. The molecule has 0 bridgehead atoms. The second-order valence-electron chi connectivity index (χ2n) is 4.09. The van der Waals surface area contributed by atoms with Crippen LogP contribution in [0.2, 0.25) is 0 Å². The second-order valence-corrected chi connectivity index (χ2v) is 6.84. The Kier molecular flexibility index (Phi) is 4.69. The van der Waals surface area contributed by atoms with E-state index in [0.717, 1.165) is 24.0 Å². The van der Waals surface area contributed by atoms with Crippen molar-refractivity contribution in [3.05, 3.63) is 10.6 Å².